The van der Waals surface area contributed by atoms with E-state index >= 15 is 0 Å². The molecule has 1 heterocycles. The van der Waals surface area contributed by atoms with Gasteiger partial charge in [0.1, 0.15) is 0 Å². The summed E-state index contributed by atoms with van der Waals surface area (Å²) in [5, 5.41) is 3.29. The number of nitrogens with one attached hydrogen (secondary N) is 1. The van der Waals surface area contributed by atoms with Crippen LogP contribution in [0.5, 0.6) is 0 Å². The normalized spacial score (nSPS) is 10.6. The Balaban J connectivity index is 2.01. The molecular weight excluding hydrogens is 218 g/mol. The highest BCUT2D eigenvalue weighted by molar-refractivity contribution is 4.81. The van der Waals surface area contributed by atoms with Crippen molar-refractivity contribution in [1.29, 1.82) is 0 Å². The first-order chi connectivity index (χ1) is 8.34. The number of ether oxygens (including phenoxy) is 1. The van der Waals surface area contributed by atoms with Gasteiger partial charge in [-0.15, -0.1) is 0 Å². The third-order valence-electron chi connectivity index (χ3n) is 2.42. The highest BCUT2D eigenvalue weighted by Gasteiger charge is 1.94. The third-order valence-corrected chi connectivity index (χ3v) is 2.42. The average molecular weight is 239 g/mol. The fraction of sp³-hybridized carbons (Fsp3) is 0.667. The number of unbranched alkanes of at least 4 members (excludes halogenated alkanes) is 1. The van der Waals surface area contributed by atoms with Gasteiger partial charge in [-0.25, -0.2) is 4.98 Å². The molecule has 1 aromatic heterocycles. The molecule has 1 aromatic rings. The van der Waals surface area contributed by atoms with Crippen molar-refractivity contribution in [2.45, 2.75) is 26.3 Å². The van der Waals surface area contributed by atoms with E-state index in [0.29, 0.717) is 6.54 Å². The molecule has 0 aliphatic carbocycles. The second-order valence-corrected chi connectivity index (χ2v) is 3.77. The van der Waals surface area contributed by atoms with Crippen molar-refractivity contribution in [1.82, 2.24) is 14.9 Å². The van der Waals surface area contributed by atoms with Gasteiger partial charge in [0.2, 0.25) is 0 Å². The smallest absolute Gasteiger partial charge is 0.253 e. The standard InChI is InChI=1S/C12H21N3O2/c1-2-17-10-4-3-6-13-8-9-15-11-14-7-5-12(15)16/h5,7,11,13H,2-4,6,8-10H2,1H3. The van der Waals surface area contributed by atoms with E-state index < -0.39 is 0 Å². The van der Waals surface area contributed by atoms with E-state index in [9.17, 15) is 4.79 Å². The molecule has 1 rings (SSSR count). The topological polar surface area (TPSA) is 56.1 Å². The molecule has 0 bridgehead atoms. The van der Waals surface area contributed by atoms with Crippen LogP contribution in [0.1, 0.15) is 19.8 Å². The molecule has 0 fully saturated rings. The Bertz CT molecular complexity index is 352. The molecule has 1 N–H and O–H groups in total. The Morgan fingerprint density at radius 3 is 3.06 bits per heavy atom. The van der Waals surface area contributed by atoms with Crippen LogP contribution in [0.3, 0.4) is 0 Å². The summed E-state index contributed by atoms with van der Waals surface area (Å²) in [4.78, 5) is 15.2. The van der Waals surface area contributed by atoms with Gasteiger partial charge in [0.15, 0.2) is 0 Å². The van der Waals surface area contributed by atoms with Crippen molar-refractivity contribution in [3.05, 3.63) is 28.9 Å². The van der Waals surface area contributed by atoms with Crippen LogP contribution < -0.4 is 10.9 Å². The Morgan fingerprint density at radius 1 is 1.41 bits per heavy atom. The minimum absolute atomic E-state index is 0.00172. The molecular formula is C12H21N3O2. The Labute approximate surface area is 102 Å². The minimum atomic E-state index is -0.00172. The molecule has 0 aliphatic heterocycles. The maximum atomic E-state index is 11.3. The zero-order valence-electron chi connectivity index (χ0n) is 10.4. The van der Waals surface area contributed by atoms with Crippen LogP contribution in [0.2, 0.25) is 0 Å². The monoisotopic (exact) mass is 239 g/mol. The summed E-state index contributed by atoms with van der Waals surface area (Å²) < 4.78 is 6.85. The molecule has 5 nitrogen and oxygen atoms in total. The van der Waals surface area contributed by atoms with Gasteiger partial charge in [0.05, 0.1) is 6.33 Å². The van der Waals surface area contributed by atoms with Crippen molar-refractivity contribution < 1.29 is 4.74 Å². The SMILES string of the molecule is CCOCCCCNCCn1cnccc1=O. The predicted octanol–water partition coefficient (Wildman–Crippen LogP) is 0.650. The molecule has 17 heavy (non-hydrogen) atoms. The van der Waals surface area contributed by atoms with Gasteiger partial charge >= 0.3 is 0 Å². The molecule has 0 atom stereocenters. The van der Waals surface area contributed by atoms with Crippen molar-refractivity contribution in [2.24, 2.45) is 0 Å². The average Bonchev–Trinajstić information content (AvgIpc) is 2.35. The van der Waals surface area contributed by atoms with Crippen LogP contribution in [-0.4, -0.2) is 35.9 Å². The molecule has 96 valence electrons. The second-order valence-electron chi connectivity index (χ2n) is 3.77. The van der Waals surface area contributed by atoms with E-state index in [1.165, 1.54) is 12.3 Å². The van der Waals surface area contributed by atoms with Crippen molar-refractivity contribution >= 4 is 0 Å². The molecule has 0 radical (unpaired) electrons. The summed E-state index contributed by atoms with van der Waals surface area (Å²) in [5.41, 5.74) is -0.00172. The van der Waals surface area contributed by atoms with Crippen LogP contribution in [0.4, 0.5) is 0 Å². The lowest BCUT2D eigenvalue weighted by atomic mass is 10.3. The molecule has 0 unspecified atom stereocenters. The lowest BCUT2D eigenvalue weighted by molar-refractivity contribution is 0.143. The van der Waals surface area contributed by atoms with Crippen LogP contribution in [0, 0.1) is 0 Å². The molecule has 0 aromatic carbocycles. The van der Waals surface area contributed by atoms with Crippen LogP contribution >= 0.6 is 0 Å². The minimum Gasteiger partial charge on any atom is -0.382 e. The Kier molecular flexibility index (Phi) is 7.25. The highest BCUT2D eigenvalue weighted by atomic mass is 16.5. The summed E-state index contributed by atoms with van der Waals surface area (Å²) in [7, 11) is 0. The van der Waals surface area contributed by atoms with Gasteiger partial charge in [0, 0.05) is 38.6 Å². The first-order valence-electron chi connectivity index (χ1n) is 6.13. The largest absolute Gasteiger partial charge is 0.382 e. The number of rotatable bonds is 9. The third kappa shape index (κ3) is 6.19. The number of hydrogen-bond acceptors (Lipinski definition) is 4. The van der Waals surface area contributed by atoms with E-state index in [4.69, 9.17) is 4.74 Å². The van der Waals surface area contributed by atoms with E-state index in [0.717, 1.165) is 39.1 Å². The molecule has 5 heteroatoms. The first-order valence-corrected chi connectivity index (χ1v) is 6.13. The summed E-state index contributed by atoms with van der Waals surface area (Å²) >= 11 is 0. The maximum absolute atomic E-state index is 11.3. The van der Waals surface area contributed by atoms with Crippen molar-refractivity contribution in [3.63, 3.8) is 0 Å². The van der Waals surface area contributed by atoms with Crippen LogP contribution in [0.25, 0.3) is 0 Å². The molecule has 0 spiro atoms. The zero-order chi connectivity index (χ0) is 12.3. The van der Waals surface area contributed by atoms with Crippen molar-refractivity contribution in [3.8, 4) is 0 Å². The molecule has 0 saturated heterocycles. The Morgan fingerprint density at radius 2 is 2.29 bits per heavy atom. The van der Waals surface area contributed by atoms with E-state index in [2.05, 4.69) is 10.3 Å². The second kappa shape index (κ2) is 8.90. The predicted molar refractivity (Wildman–Crippen MR) is 67.1 cm³/mol. The summed E-state index contributed by atoms with van der Waals surface area (Å²) in [6, 6.07) is 1.47. The highest BCUT2D eigenvalue weighted by Crippen LogP contribution is 1.88. The molecule has 0 aliphatic rings. The summed E-state index contributed by atoms with van der Waals surface area (Å²) in [5.74, 6) is 0. The van der Waals surface area contributed by atoms with Crippen molar-refractivity contribution in [2.75, 3.05) is 26.3 Å². The molecule has 0 amide bonds. The molecule has 0 saturated carbocycles. The van der Waals surface area contributed by atoms with Crippen LogP contribution in [-0.2, 0) is 11.3 Å². The van der Waals surface area contributed by atoms with E-state index in [-0.39, 0.29) is 5.56 Å². The van der Waals surface area contributed by atoms with E-state index in [1.807, 2.05) is 6.92 Å². The van der Waals surface area contributed by atoms with E-state index in [1.54, 1.807) is 10.9 Å². The number of hydrogen-bond donors (Lipinski definition) is 1. The summed E-state index contributed by atoms with van der Waals surface area (Å²) in [6.45, 7) is 6.04. The van der Waals surface area contributed by atoms with Crippen LogP contribution in [0.15, 0.2) is 23.4 Å². The fourth-order valence-electron chi connectivity index (χ4n) is 1.47. The maximum Gasteiger partial charge on any atom is 0.253 e. The lowest BCUT2D eigenvalue weighted by Gasteiger charge is -2.06. The van der Waals surface area contributed by atoms with Gasteiger partial charge in [-0.3, -0.25) is 9.36 Å². The lowest BCUT2D eigenvalue weighted by Crippen LogP contribution is -2.27. The fourth-order valence-corrected chi connectivity index (χ4v) is 1.47. The Hall–Kier alpha value is -1.20. The summed E-state index contributed by atoms with van der Waals surface area (Å²) in [6.07, 6.45) is 5.26. The van der Waals surface area contributed by atoms with Gasteiger partial charge < -0.3 is 10.1 Å². The van der Waals surface area contributed by atoms with Gasteiger partial charge in [-0.1, -0.05) is 0 Å². The van der Waals surface area contributed by atoms with Gasteiger partial charge in [-0.2, -0.15) is 0 Å². The van der Waals surface area contributed by atoms with Gasteiger partial charge in [-0.05, 0) is 26.3 Å². The number of nitrogens with zero attached hydrogens (tertiary/aromatic N) is 2. The zero-order valence-corrected chi connectivity index (χ0v) is 10.4. The first kappa shape index (κ1) is 13.9. The quantitative estimate of drug-likeness (QED) is 0.643. The number of aromatic nitrogens is 2. The van der Waals surface area contributed by atoms with Gasteiger partial charge in [0.25, 0.3) is 5.56 Å².